The maximum atomic E-state index is 11.6. The van der Waals surface area contributed by atoms with Crippen molar-refractivity contribution in [1.29, 1.82) is 0 Å². The minimum absolute atomic E-state index is 0.0833. The molecule has 0 aromatic heterocycles. The number of hydrogen-bond donors (Lipinski definition) is 0. The molecule has 0 bridgehead atoms. The Labute approximate surface area is 115 Å². The molecule has 0 radical (unpaired) electrons. The van der Waals surface area contributed by atoms with Crippen molar-refractivity contribution in [2.45, 2.75) is 31.7 Å². The molecular weight excluding hydrogens is 263 g/mol. The lowest BCUT2D eigenvalue weighted by Gasteiger charge is -2.22. The van der Waals surface area contributed by atoms with Crippen molar-refractivity contribution in [2.24, 2.45) is 0 Å². The lowest BCUT2D eigenvalue weighted by molar-refractivity contribution is -0.188. The van der Waals surface area contributed by atoms with E-state index >= 15 is 0 Å². The Morgan fingerprint density at radius 3 is 2.74 bits per heavy atom. The molecule has 1 aliphatic heterocycles. The van der Waals surface area contributed by atoms with Gasteiger partial charge in [-0.15, -0.1) is 9.24 Å². The standard InChI is InChI=1S/C14H19O4P/c15-13(18-14-3-1-2-8-16-14)9-17-12-6-4-11(10-19)5-7-12/h4-7,14H,1-3,8-10,19H2. The lowest BCUT2D eigenvalue weighted by Crippen LogP contribution is -2.27. The summed E-state index contributed by atoms with van der Waals surface area (Å²) in [6, 6.07) is 7.64. The second kappa shape index (κ2) is 7.46. The molecule has 2 rings (SSSR count). The molecule has 1 heterocycles. The van der Waals surface area contributed by atoms with Crippen LogP contribution in [-0.4, -0.2) is 25.5 Å². The largest absolute Gasteiger partial charge is 0.482 e. The molecule has 0 N–H and O–H groups in total. The molecule has 1 fully saturated rings. The summed E-state index contributed by atoms with van der Waals surface area (Å²) in [5.41, 5.74) is 1.20. The fourth-order valence-corrected chi connectivity index (χ4v) is 2.12. The van der Waals surface area contributed by atoms with Crippen LogP contribution in [0.1, 0.15) is 24.8 Å². The van der Waals surface area contributed by atoms with Gasteiger partial charge < -0.3 is 14.2 Å². The Bertz CT molecular complexity index is 398. The van der Waals surface area contributed by atoms with Crippen LogP contribution in [0.4, 0.5) is 0 Å². The molecule has 4 nitrogen and oxygen atoms in total. The summed E-state index contributed by atoms with van der Waals surface area (Å²) >= 11 is 0. The monoisotopic (exact) mass is 282 g/mol. The molecule has 2 atom stereocenters. The van der Waals surface area contributed by atoms with Crippen LogP contribution in [0, 0.1) is 0 Å². The molecule has 5 heteroatoms. The van der Waals surface area contributed by atoms with E-state index in [2.05, 4.69) is 9.24 Å². The van der Waals surface area contributed by atoms with Gasteiger partial charge in [0.25, 0.3) is 0 Å². The summed E-state index contributed by atoms with van der Waals surface area (Å²) in [4.78, 5) is 11.6. The Morgan fingerprint density at radius 1 is 1.32 bits per heavy atom. The van der Waals surface area contributed by atoms with Gasteiger partial charge in [0.15, 0.2) is 6.61 Å². The van der Waals surface area contributed by atoms with Crippen molar-refractivity contribution in [3.8, 4) is 5.75 Å². The van der Waals surface area contributed by atoms with Crippen molar-refractivity contribution in [3.05, 3.63) is 29.8 Å². The normalized spacial score (nSPS) is 18.9. The quantitative estimate of drug-likeness (QED) is 0.615. The lowest BCUT2D eigenvalue weighted by atomic mass is 10.2. The molecule has 0 amide bonds. The highest BCUT2D eigenvalue weighted by Crippen LogP contribution is 2.16. The van der Waals surface area contributed by atoms with Gasteiger partial charge >= 0.3 is 5.97 Å². The van der Waals surface area contributed by atoms with E-state index in [9.17, 15) is 4.79 Å². The van der Waals surface area contributed by atoms with Crippen molar-refractivity contribution in [2.75, 3.05) is 13.2 Å². The van der Waals surface area contributed by atoms with Gasteiger partial charge in [-0.3, -0.25) is 0 Å². The molecule has 1 aromatic rings. The molecule has 104 valence electrons. The number of benzene rings is 1. The van der Waals surface area contributed by atoms with Crippen LogP contribution in [0.15, 0.2) is 24.3 Å². The van der Waals surface area contributed by atoms with Crippen LogP contribution in [0.3, 0.4) is 0 Å². The highest BCUT2D eigenvalue weighted by Gasteiger charge is 2.18. The molecule has 1 aliphatic rings. The van der Waals surface area contributed by atoms with Gasteiger partial charge in [0, 0.05) is 6.42 Å². The number of esters is 1. The summed E-state index contributed by atoms with van der Waals surface area (Å²) < 4.78 is 15.9. The van der Waals surface area contributed by atoms with Crippen LogP contribution >= 0.6 is 9.24 Å². The first-order chi connectivity index (χ1) is 9.28. The number of rotatable bonds is 5. The predicted molar refractivity (Wildman–Crippen MR) is 75.0 cm³/mol. The molecule has 1 saturated heterocycles. The van der Waals surface area contributed by atoms with Gasteiger partial charge in [-0.1, -0.05) is 12.1 Å². The summed E-state index contributed by atoms with van der Waals surface area (Å²) in [7, 11) is 2.66. The van der Waals surface area contributed by atoms with E-state index in [1.807, 2.05) is 24.3 Å². The third-order valence-electron chi connectivity index (χ3n) is 2.92. The second-order valence-electron chi connectivity index (χ2n) is 4.42. The van der Waals surface area contributed by atoms with Crippen molar-refractivity contribution >= 4 is 15.2 Å². The van der Waals surface area contributed by atoms with E-state index in [1.165, 1.54) is 5.56 Å². The molecule has 0 aliphatic carbocycles. The van der Waals surface area contributed by atoms with Crippen LogP contribution in [0.25, 0.3) is 0 Å². The van der Waals surface area contributed by atoms with Crippen molar-refractivity contribution < 1.29 is 19.0 Å². The number of carbonyl (C=O) groups is 1. The summed E-state index contributed by atoms with van der Waals surface area (Å²) in [5, 5.41) is 0. The SMILES string of the molecule is O=C(COc1ccc(CP)cc1)OC1CCCCO1. The first-order valence-corrected chi connectivity index (χ1v) is 7.32. The predicted octanol–water partition coefficient (Wildman–Crippen LogP) is 2.51. The van der Waals surface area contributed by atoms with Crippen LogP contribution in [0.5, 0.6) is 5.75 Å². The summed E-state index contributed by atoms with van der Waals surface area (Å²) in [5.74, 6) is 0.283. The van der Waals surface area contributed by atoms with Crippen molar-refractivity contribution in [1.82, 2.24) is 0 Å². The van der Waals surface area contributed by atoms with Gasteiger partial charge in [-0.25, -0.2) is 4.79 Å². The first-order valence-electron chi connectivity index (χ1n) is 6.51. The van der Waals surface area contributed by atoms with E-state index in [-0.39, 0.29) is 12.6 Å². The minimum Gasteiger partial charge on any atom is -0.482 e. The van der Waals surface area contributed by atoms with Gasteiger partial charge in [0.1, 0.15) is 5.75 Å². The molecule has 0 spiro atoms. The summed E-state index contributed by atoms with van der Waals surface area (Å²) in [6.07, 6.45) is 3.35. The van der Waals surface area contributed by atoms with Crippen molar-refractivity contribution in [3.63, 3.8) is 0 Å². The smallest absolute Gasteiger partial charge is 0.346 e. The topological polar surface area (TPSA) is 44.8 Å². The molecule has 0 saturated carbocycles. The van der Waals surface area contributed by atoms with E-state index in [0.29, 0.717) is 12.4 Å². The molecule has 19 heavy (non-hydrogen) atoms. The van der Waals surface area contributed by atoms with E-state index in [0.717, 1.165) is 25.4 Å². The third kappa shape index (κ3) is 4.81. The van der Waals surface area contributed by atoms with Gasteiger partial charge in [-0.05, 0) is 36.7 Å². The third-order valence-corrected chi connectivity index (χ3v) is 3.39. The number of carbonyl (C=O) groups excluding carboxylic acids is 1. The average molecular weight is 282 g/mol. The average Bonchev–Trinajstić information content (AvgIpc) is 2.47. The van der Waals surface area contributed by atoms with Crippen LogP contribution in [-0.2, 0) is 20.4 Å². The maximum absolute atomic E-state index is 11.6. The van der Waals surface area contributed by atoms with E-state index in [4.69, 9.17) is 14.2 Å². The fourth-order valence-electron chi connectivity index (χ4n) is 1.85. The van der Waals surface area contributed by atoms with Gasteiger partial charge in [0.2, 0.25) is 6.29 Å². The van der Waals surface area contributed by atoms with Crippen LogP contribution < -0.4 is 4.74 Å². The van der Waals surface area contributed by atoms with Gasteiger partial charge in [-0.2, -0.15) is 0 Å². The Hall–Kier alpha value is -1.12. The zero-order valence-electron chi connectivity index (χ0n) is 10.8. The molecule has 1 aromatic carbocycles. The second-order valence-corrected chi connectivity index (χ2v) is 4.83. The Balaban J connectivity index is 1.72. The zero-order chi connectivity index (χ0) is 13.5. The molecule has 2 unspecified atom stereocenters. The number of hydrogen-bond acceptors (Lipinski definition) is 4. The van der Waals surface area contributed by atoms with E-state index < -0.39 is 6.29 Å². The Morgan fingerprint density at radius 2 is 2.11 bits per heavy atom. The van der Waals surface area contributed by atoms with Crippen LogP contribution in [0.2, 0.25) is 0 Å². The van der Waals surface area contributed by atoms with Gasteiger partial charge in [0.05, 0.1) is 6.61 Å². The fraction of sp³-hybridized carbons (Fsp3) is 0.500. The maximum Gasteiger partial charge on any atom is 0.346 e. The van der Waals surface area contributed by atoms with E-state index in [1.54, 1.807) is 0 Å². The minimum atomic E-state index is -0.399. The number of ether oxygens (including phenoxy) is 3. The Kier molecular flexibility index (Phi) is 5.62. The molecular formula is C14H19O4P. The highest BCUT2D eigenvalue weighted by molar-refractivity contribution is 7.15. The highest BCUT2D eigenvalue weighted by atomic mass is 31.0. The first kappa shape index (κ1) is 14.3. The zero-order valence-corrected chi connectivity index (χ0v) is 12.0. The summed E-state index contributed by atoms with van der Waals surface area (Å²) in [6.45, 7) is 0.579.